The normalized spacial score (nSPS) is 23.8. The molecular weight excluding hydrogens is 467 g/mol. The van der Waals surface area contributed by atoms with Gasteiger partial charge in [-0.3, -0.25) is 9.79 Å². The Balaban J connectivity index is 0.00000280. The third-order valence-electron chi connectivity index (χ3n) is 5.92. The SMILES string of the molecule is CC(=O)N1CCC(NC(=NCCc2ccco2)NC2CCCCC2C)CC1.I. The fraction of sp³-hybridized carbons (Fsp3) is 0.714. The number of guanidine groups is 1. The van der Waals surface area contributed by atoms with Crippen molar-refractivity contribution >= 4 is 35.8 Å². The van der Waals surface area contributed by atoms with Crippen molar-refractivity contribution in [3.63, 3.8) is 0 Å². The van der Waals surface area contributed by atoms with Gasteiger partial charge in [0.05, 0.1) is 6.26 Å². The molecule has 1 aromatic heterocycles. The number of hydrogen-bond acceptors (Lipinski definition) is 3. The molecule has 1 saturated carbocycles. The molecule has 2 unspecified atom stereocenters. The van der Waals surface area contributed by atoms with Gasteiger partial charge in [0.1, 0.15) is 5.76 Å². The van der Waals surface area contributed by atoms with E-state index in [2.05, 4.69) is 17.6 Å². The summed E-state index contributed by atoms with van der Waals surface area (Å²) in [6.07, 6.45) is 9.58. The van der Waals surface area contributed by atoms with Crippen molar-refractivity contribution in [1.29, 1.82) is 0 Å². The largest absolute Gasteiger partial charge is 0.469 e. The molecule has 0 aromatic carbocycles. The number of nitrogens with zero attached hydrogens (tertiary/aromatic N) is 2. The van der Waals surface area contributed by atoms with Gasteiger partial charge in [-0.1, -0.05) is 19.8 Å². The molecule has 158 valence electrons. The summed E-state index contributed by atoms with van der Waals surface area (Å²) in [7, 11) is 0. The van der Waals surface area contributed by atoms with Gasteiger partial charge in [-0.25, -0.2) is 0 Å². The van der Waals surface area contributed by atoms with Crippen LogP contribution in [0.2, 0.25) is 0 Å². The van der Waals surface area contributed by atoms with Crippen LogP contribution >= 0.6 is 24.0 Å². The Kier molecular flexibility index (Phi) is 9.61. The molecule has 1 aliphatic heterocycles. The van der Waals surface area contributed by atoms with Crippen molar-refractivity contribution in [3.8, 4) is 0 Å². The van der Waals surface area contributed by atoms with Crippen LogP contribution in [-0.4, -0.2) is 48.5 Å². The van der Waals surface area contributed by atoms with Gasteiger partial charge in [0.25, 0.3) is 0 Å². The number of piperidine rings is 1. The first kappa shape index (κ1) is 23.0. The number of furan rings is 1. The number of carbonyl (C=O) groups excluding carboxylic acids is 1. The minimum atomic E-state index is 0. The zero-order chi connectivity index (χ0) is 19.1. The third-order valence-corrected chi connectivity index (χ3v) is 5.92. The molecule has 2 fully saturated rings. The number of carbonyl (C=O) groups is 1. The Labute approximate surface area is 185 Å². The Hall–Kier alpha value is -1.25. The van der Waals surface area contributed by atoms with E-state index in [1.54, 1.807) is 13.2 Å². The highest BCUT2D eigenvalue weighted by Crippen LogP contribution is 2.23. The average molecular weight is 502 g/mol. The predicted molar refractivity (Wildman–Crippen MR) is 123 cm³/mol. The molecule has 1 saturated heterocycles. The van der Waals surface area contributed by atoms with E-state index >= 15 is 0 Å². The summed E-state index contributed by atoms with van der Waals surface area (Å²) in [6.45, 7) is 6.35. The number of amides is 1. The van der Waals surface area contributed by atoms with E-state index < -0.39 is 0 Å². The van der Waals surface area contributed by atoms with Crippen LogP contribution in [0.15, 0.2) is 27.8 Å². The highest BCUT2D eigenvalue weighted by Gasteiger charge is 2.25. The maximum absolute atomic E-state index is 11.5. The van der Waals surface area contributed by atoms with E-state index in [9.17, 15) is 4.79 Å². The van der Waals surface area contributed by atoms with Gasteiger partial charge >= 0.3 is 0 Å². The van der Waals surface area contributed by atoms with E-state index in [-0.39, 0.29) is 29.9 Å². The van der Waals surface area contributed by atoms with Crippen molar-refractivity contribution < 1.29 is 9.21 Å². The minimum Gasteiger partial charge on any atom is -0.469 e. The van der Waals surface area contributed by atoms with Gasteiger partial charge in [0.15, 0.2) is 5.96 Å². The van der Waals surface area contributed by atoms with Crippen LogP contribution in [0.4, 0.5) is 0 Å². The van der Waals surface area contributed by atoms with Gasteiger partial charge in [-0.2, -0.15) is 0 Å². The van der Waals surface area contributed by atoms with Crippen molar-refractivity contribution in [3.05, 3.63) is 24.2 Å². The average Bonchev–Trinajstić information content (AvgIpc) is 3.17. The molecule has 1 aliphatic carbocycles. The van der Waals surface area contributed by atoms with Gasteiger partial charge in [-0.15, -0.1) is 24.0 Å². The third kappa shape index (κ3) is 6.97. The summed E-state index contributed by atoms with van der Waals surface area (Å²) >= 11 is 0. The van der Waals surface area contributed by atoms with Crippen LogP contribution in [-0.2, 0) is 11.2 Å². The molecule has 0 radical (unpaired) electrons. The van der Waals surface area contributed by atoms with Crippen LogP contribution in [0.3, 0.4) is 0 Å². The molecule has 1 aromatic rings. The molecule has 3 rings (SSSR count). The lowest BCUT2D eigenvalue weighted by molar-refractivity contribution is -0.129. The molecule has 0 bridgehead atoms. The molecule has 1 amide bonds. The monoisotopic (exact) mass is 502 g/mol. The Morgan fingerprint density at radius 2 is 1.96 bits per heavy atom. The number of hydrogen-bond donors (Lipinski definition) is 2. The summed E-state index contributed by atoms with van der Waals surface area (Å²) < 4.78 is 5.42. The fourth-order valence-electron chi connectivity index (χ4n) is 4.10. The summed E-state index contributed by atoms with van der Waals surface area (Å²) in [5.41, 5.74) is 0. The lowest BCUT2D eigenvalue weighted by Crippen LogP contribution is -2.53. The molecule has 28 heavy (non-hydrogen) atoms. The van der Waals surface area contributed by atoms with Gasteiger partial charge in [0, 0.05) is 45.1 Å². The van der Waals surface area contributed by atoms with Gasteiger partial charge < -0.3 is 20.0 Å². The van der Waals surface area contributed by atoms with Crippen molar-refractivity contribution in [2.45, 2.75) is 70.9 Å². The maximum Gasteiger partial charge on any atom is 0.219 e. The molecule has 2 atom stereocenters. The number of likely N-dealkylation sites (tertiary alicyclic amines) is 1. The number of aliphatic imine (C=N–C) groups is 1. The Morgan fingerprint density at radius 3 is 2.61 bits per heavy atom. The van der Waals surface area contributed by atoms with Gasteiger partial charge in [-0.05, 0) is 43.7 Å². The fourth-order valence-corrected chi connectivity index (χ4v) is 4.10. The highest BCUT2D eigenvalue weighted by atomic mass is 127. The zero-order valence-electron chi connectivity index (χ0n) is 17.2. The summed E-state index contributed by atoms with van der Waals surface area (Å²) in [5, 5.41) is 7.33. The van der Waals surface area contributed by atoms with Crippen LogP contribution < -0.4 is 10.6 Å². The zero-order valence-corrected chi connectivity index (χ0v) is 19.5. The first-order valence-corrected chi connectivity index (χ1v) is 10.5. The Bertz CT molecular complexity index is 612. The summed E-state index contributed by atoms with van der Waals surface area (Å²) in [4.78, 5) is 18.3. The second kappa shape index (κ2) is 11.7. The molecule has 7 heteroatoms. The number of rotatable bonds is 5. The Morgan fingerprint density at radius 1 is 1.21 bits per heavy atom. The quantitative estimate of drug-likeness (QED) is 0.367. The standard InChI is InChI=1S/C21H34N4O2.HI/c1-16-6-3-4-8-20(16)24-21(22-12-9-19-7-5-15-27-19)23-18-10-13-25(14-11-18)17(2)26;/h5,7,15-16,18,20H,3-4,6,8-14H2,1-2H3,(H2,22,23,24);1H. The second-order valence-electron chi connectivity index (χ2n) is 8.00. The van der Waals surface area contributed by atoms with E-state index in [0.717, 1.165) is 44.1 Å². The van der Waals surface area contributed by atoms with Crippen LogP contribution in [0.1, 0.15) is 58.1 Å². The first-order chi connectivity index (χ1) is 13.1. The van der Waals surface area contributed by atoms with Crippen molar-refractivity contribution in [1.82, 2.24) is 15.5 Å². The minimum absolute atomic E-state index is 0. The lowest BCUT2D eigenvalue weighted by Gasteiger charge is -2.35. The van der Waals surface area contributed by atoms with Crippen LogP contribution in [0.25, 0.3) is 0 Å². The molecule has 6 nitrogen and oxygen atoms in total. The van der Waals surface area contributed by atoms with E-state index in [4.69, 9.17) is 9.41 Å². The van der Waals surface area contributed by atoms with Crippen molar-refractivity contribution in [2.24, 2.45) is 10.9 Å². The number of nitrogens with one attached hydrogen (secondary N) is 2. The van der Waals surface area contributed by atoms with E-state index in [1.165, 1.54) is 25.7 Å². The second-order valence-corrected chi connectivity index (χ2v) is 8.00. The van der Waals surface area contributed by atoms with Crippen LogP contribution in [0, 0.1) is 5.92 Å². The lowest BCUT2D eigenvalue weighted by atomic mass is 9.86. The predicted octanol–water partition coefficient (Wildman–Crippen LogP) is 3.56. The smallest absolute Gasteiger partial charge is 0.219 e. The molecule has 2 heterocycles. The maximum atomic E-state index is 11.5. The van der Waals surface area contributed by atoms with Gasteiger partial charge in [0.2, 0.25) is 5.91 Å². The topological polar surface area (TPSA) is 69.9 Å². The van der Waals surface area contributed by atoms with E-state index in [1.807, 2.05) is 17.0 Å². The molecule has 2 aliphatic rings. The molecule has 2 N–H and O–H groups in total. The molecule has 0 spiro atoms. The summed E-state index contributed by atoms with van der Waals surface area (Å²) in [6, 6.07) is 4.78. The van der Waals surface area contributed by atoms with Crippen molar-refractivity contribution in [2.75, 3.05) is 19.6 Å². The van der Waals surface area contributed by atoms with Crippen LogP contribution in [0.5, 0.6) is 0 Å². The number of halogens is 1. The van der Waals surface area contributed by atoms with E-state index in [0.29, 0.717) is 24.5 Å². The summed E-state index contributed by atoms with van der Waals surface area (Å²) in [5.74, 6) is 2.74. The first-order valence-electron chi connectivity index (χ1n) is 10.5. The highest BCUT2D eigenvalue weighted by molar-refractivity contribution is 14.0. The molecular formula is C21H35IN4O2.